The van der Waals surface area contributed by atoms with Gasteiger partial charge in [0.25, 0.3) is 11.8 Å². The van der Waals surface area contributed by atoms with Gasteiger partial charge in [0.2, 0.25) is 0 Å². The number of ether oxygens (including phenoxy) is 1. The Morgan fingerprint density at radius 2 is 2.07 bits per heavy atom. The first kappa shape index (κ1) is 18.3. The molecule has 0 spiro atoms. The third-order valence-corrected chi connectivity index (χ3v) is 6.41. The van der Waals surface area contributed by atoms with Gasteiger partial charge in [-0.05, 0) is 58.6 Å². The van der Waals surface area contributed by atoms with Crippen LogP contribution in [-0.2, 0) is 21.6 Å². The lowest BCUT2D eigenvalue weighted by atomic mass is 9.79. The summed E-state index contributed by atoms with van der Waals surface area (Å²) in [4.78, 5) is 13.7. The highest BCUT2D eigenvalue weighted by Crippen LogP contribution is 2.42. The molecule has 1 aliphatic rings. The summed E-state index contributed by atoms with van der Waals surface area (Å²) < 4.78 is 25.7. The third-order valence-electron chi connectivity index (χ3n) is 4.80. The molecule has 2 aromatic heterocycles. The van der Waals surface area contributed by atoms with Gasteiger partial charge in [0.15, 0.2) is 6.61 Å². The fourth-order valence-corrected chi connectivity index (χ4v) is 4.79. The van der Waals surface area contributed by atoms with Crippen molar-refractivity contribution >= 4 is 33.2 Å². The number of halogens is 2. The van der Waals surface area contributed by atoms with Crippen molar-refractivity contribution < 1.29 is 18.3 Å². The number of hydrogen-bond acceptors (Lipinski definition) is 6. The molecule has 1 aliphatic carbocycles. The summed E-state index contributed by atoms with van der Waals surface area (Å²) in [5.41, 5.74) is -0.136. The van der Waals surface area contributed by atoms with E-state index in [-0.39, 0.29) is 24.3 Å². The molecule has 140 valence electrons. The van der Waals surface area contributed by atoms with E-state index in [2.05, 4.69) is 26.1 Å². The zero-order valence-electron chi connectivity index (χ0n) is 14.3. The van der Waals surface area contributed by atoms with Crippen LogP contribution in [0.15, 0.2) is 44.6 Å². The highest BCUT2D eigenvalue weighted by Gasteiger charge is 2.44. The van der Waals surface area contributed by atoms with Crippen LogP contribution in [0.2, 0.25) is 0 Å². The topological polar surface area (TPSA) is 65.2 Å². The number of aromatic nitrogens is 2. The van der Waals surface area contributed by atoms with Gasteiger partial charge in [0.05, 0.1) is 14.1 Å². The molecular formula is C19H16BrFN2O3S. The van der Waals surface area contributed by atoms with Crippen LogP contribution in [0.1, 0.15) is 37.1 Å². The quantitative estimate of drug-likeness (QED) is 0.496. The van der Waals surface area contributed by atoms with Crippen molar-refractivity contribution in [3.8, 4) is 10.8 Å². The van der Waals surface area contributed by atoms with E-state index in [0.717, 1.165) is 21.5 Å². The van der Waals surface area contributed by atoms with Crippen molar-refractivity contribution in [1.29, 1.82) is 0 Å². The molecule has 4 rings (SSSR count). The Kier molecular flexibility index (Phi) is 5.10. The maximum atomic E-state index is 13.7. The molecule has 0 N–H and O–H groups in total. The molecule has 0 atom stereocenters. The van der Waals surface area contributed by atoms with Crippen LogP contribution in [0.25, 0.3) is 10.8 Å². The number of carbonyl (C=O) groups excluding carboxylic acids is 1. The first-order valence-corrected chi connectivity index (χ1v) is 10.2. The lowest BCUT2D eigenvalue weighted by Crippen LogP contribution is -2.34. The molecule has 1 saturated carbocycles. The Labute approximate surface area is 167 Å². The summed E-state index contributed by atoms with van der Waals surface area (Å²) in [6, 6.07) is 9.98. The van der Waals surface area contributed by atoms with Crippen molar-refractivity contribution in [3.05, 3.63) is 57.5 Å². The zero-order valence-corrected chi connectivity index (χ0v) is 16.7. The third kappa shape index (κ3) is 3.68. The molecule has 3 aromatic rings. The van der Waals surface area contributed by atoms with Crippen LogP contribution >= 0.6 is 27.3 Å². The van der Waals surface area contributed by atoms with Crippen molar-refractivity contribution in [2.24, 2.45) is 0 Å². The second kappa shape index (κ2) is 7.52. The molecule has 0 aliphatic heterocycles. The van der Waals surface area contributed by atoms with Crippen molar-refractivity contribution in [1.82, 2.24) is 10.2 Å². The van der Waals surface area contributed by atoms with E-state index in [1.807, 2.05) is 12.1 Å². The summed E-state index contributed by atoms with van der Waals surface area (Å²) in [6.45, 7) is -0.102. The molecule has 1 fully saturated rings. The highest BCUT2D eigenvalue weighted by atomic mass is 79.9. The average molecular weight is 451 g/mol. The van der Waals surface area contributed by atoms with Crippen LogP contribution in [-0.4, -0.2) is 16.2 Å². The number of benzene rings is 1. The first-order chi connectivity index (χ1) is 13.1. The minimum absolute atomic E-state index is 0.102. The van der Waals surface area contributed by atoms with E-state index in [9.17, 15) is 9.18 Å². The summed E-state index contributed by atoms with van der Waals surface area (Å²) in [6.07, 6.45) is 3.11. The Balaban J connectivity index is 1.49. The van der Waals surface area contributed by atoms with Gasteiger partial charge in [-0.2, -0.15) is 0 Å². The van der Waals surface area contributed by atoms with Crippen LogP contribution in [0.3, 0.4) is 0 Å². The van der Waals surface area contributed by atoms with E-state index in [4.69, 9.17) is 9.15 Å². The number of esters is 1. The second-order valence-corrected chi connectivity index (χ2v) is 8.94. The smallest absolute Gasteiger partial charge is 0.317 e. The monoisotopic (exact) mass is 450 g/mol. The minimum Gasteiger partial charge on any atom is -0.455 e. The van der Waals surface area contributed by atoms with Crippen LogP contribution in [0.4, 0.5) is 4.39 Å². The Morgan fingerprint density at radius 3 is 2.78 bits per heavy atom. The molecular weight excluding hydrogens is 435 g/mol. The predicted molar refractivity (Wildman–Crippen MR) is 102 cm³/mol. The maximum absolute atomic E-state index is 13.7. The summed E-state index contributed by atoms with van der Waals surface area (Å²) >= 11 is 4.86. The highest BCUT2D eigenvalue weighted by molar-refractivity contribution is 9.11. The number of thiophene rings is 1. The molecule has 8 heteroatoms. The first-order valence-electron chi connectivity index (χ1n) is 8.58. The van der Waals surface area contributed by atoms with Gasteiger partial charge in [-0.25, -0.2) is 4.39 Å². The van der Waals surface area contributed by atoms with E-state index in [1.165, 1.54) is 23.5 Å². The van der Waals surface area contributed by atoms with Gasteiger partial charge >= 0.3 is 5.97 Å². The maximum Gasteiger partial charge on any atom is 0.317 e. The van der Waals surface area contributed by atoms with E-state index in [0.29, 0.717) is 24.3 Å². The molecule has 0 bridgehead atoms. The molecule has 0 unspecified atom stereocenters. The lowest BCUT2D eigenvalue weighted by molar-refractivity contribution is -0.152. The van der Waals surface area contributed by atoms with Crippen molar-refractivity contribution in [3.63, 3.8) is 0 Å². The van der Waals surface area contributed by atoms with Gasteiger partial charge in [-0.15, -0.1) is 21.5 Å². The molecule has 0 saturated heterocycles. The van der Waals surface area contributed by atoms with Gasteiger partial charge < -0.3 is 9.15 Å². The fraction of sp³-hybridized carbons (Fsp3) is 0.316. The van der Waals surface area contributed by atoms with Gasteiger partial charge in [-0.1, -0.05) is 25.0 Å². The van der Waals surface area contributed by atoms with Crippen LogP contribution in [0.5, 0.6) is 0 Å². The Morgan fingerprint density at radius 1 is 1.26 bits per heavy atom. The van der Waals surface area contributed by atoms with E-state index in [1.54, 1.807) is 12.1 Å². The largest absolute Gasteiger partial charge is 0.455 e. The van der Waals surface area contributed by atoms with Crippen molar-refractivity contribution in [2.45, 2.75) is 37.7 Å². The molecule has 0 radical (unpaired) electrons. The zero-order chi connectivity index (χ0) is 18.9. The fourth-order valence-electron chi connectivity index (χ4n) is 3.48. The standard InChI is InChI=1S/C19H16BrFN2O3S/c20-15-7-6-14(27-15)17-23-22-16(26-17)11-25-18(24)19(8-1-2-9-19)12-4-3-5-13(21)10-12/h3-7,10H,1-2,8-9,11H2. The average Bonchev–Trinajstić information content (AvgIpc) is 3.40. The Bertz CT molecular complexity index is 965. The molecule has 0 amide bonds. The van der Waals surface area contributed by atoms with Gasteiger partial charge in [-0.3, -0.25) is 4.79 Å². The summed E-state index contributed by atoms with van der Waals surface area (Å²) in [7, 11) is 0. The lowest BCUT2D eigenvalue weighted by Gasteiger charge is -2.26. The van der Waals surface area contributed by atoms with E-state index < -0.39 is 5.41 Å². The number of carbonyl (C=O) groups is 1. The summed E-state index contributed by atoms with van der Waals surface area (Å²) in [5, 5.41) is 7.94. The molecule has 5 nitrogen and oxygen atoms in total. The van der Waals surface area contributed by atoms with Crippen LogP contribution < -0.4 is 0 Å². The SMILES string of the molecule is O=C(OCc1nnc(-c2ccc(Br)s2)o1)C1(c2cccc(F)c2)CCCC1. The van der Waals surface area contributed by atoms with Gasteiger partial charge in [0.1, 0.15) is 5.82 Å². The Hall–Kier alpha value is -2.06. The number of hydrogen-bond donors (Lipinski definition) is 0. The van der Waals surface area contributed by atoms with Crippen LogP contribution in [0, 0.1) is 5.82 Å². The number of nitrogens with zero attached hydrogens (tertiary/aromatic N) is 2. The predicted octanol–water partition coefficient (Wildman–Crippen LogP) is 5.25. The van der Waals surface area contributed by atoms with E-state index >= 15 is 0 Å². The number of rotatable bonds is 5. The molecule has 2 heterocycles. The molecule has 1 aromatic carbocycles. The molecule has 27 heavy (non-hydrogen) atoms. The normalized spacial score (nSPS) is 15.8. The van der Waals surface area contributed by atoms with Gasteiger partial charge in [0, 0.05) is 0 Å². The summed E-state index contributed by atoms with van der Waals surface area (Å²) in [5.74, 6) is -0.104. The second-order valence-electron chi connectivity index (χ2n) is 6.48. The minimum atomic E-state index is -0.802. The van der Waals surface area contributed by atoms with Crippen molar-refractivity contribution in [2.75, 3.05) is 0 Å².